The van der Waals surface area contributed by atoms with Crippen LogP contribution in [0.1, 0.15) is 6.42 Å². The molecule has 1 fully saturated rings. The highest BCUT2D eigenvalue weighted by Gasteiger charge is 2.38. The van der Waals surface area contributed by atoms with Gasteiger partial charge in [-0.25, -0.2) is 8.78 Å². The fourth-order valence-corrected chi connectivity index (χ4v) is 2.20. The van der Waals surface area contributed by atoms with Gasteiger partial charge in [-0.2, -0.15) is 0 Å². The molecule has 7 nitrogen and oxygen atoms in total. The Bertz CT molecular complexity index is 548. The van der Waals surface area contributed by atoms with Crippen LogP contribution in [0.2, 0.25) is 0 Å². The van der Waals surface area contributed by atoms with Gasteiger partial charge >= 0.3 is 0 Å². The fraction of sp³-hybridized carbons (Fsp3) is 0.538. The third kappa shape index (κ3) is 4.05. The molecule has 0 amide bonds. The molecule has 2 rings (SSSR count). The summed E-state index contributed by atoms with van der Waals surface area (Å²) in [5, 5.41) is 13.2. The Morgan fingerprint density at radius 1 is 1.45 bits per heavy atom. The fourth-order valence-electron chi connectivity index (χ4n) is 2.20. The lowest BCUT2D eigenvalue weighted by Crippen LogP contribution is -2.30. The van der Waals surface area contributed by atoms with Crippen LogP contribution in [-0.4, -0.2) is 43.4 Å². The van der Waals surface area contributed by atoms with Gasteiger partial charge < -0.3 is 19.3 Å². The van der Waals surface area contributed by atoms with E-state index >= 15 is 0 Å². The summed E-state index contributed by atoms with van der Waals surface area (Å²) in [4.78, 5) is 2.70. The van der Waals surface area contributed by atoms with Gasteiger partial charge in [0.1, 0.15) is 23.5 Å². The van der Waals surface area contributed by atoms with Crippen molar-refractivity contribution >= 4 is 0 Å². The van der Waals surface area contributed by atoms with Crippen LogP contribution in [0, 0.1) is 11.6 Å². The Labute approximate surface area is 125 Å². The van der Waals surface area contributed by atoms with E-state index < -0.39 is 36.2 Å². The molecule has 0 spiro atoms. The van der Waals surface area contributed by atoms with E-state index in [0.29, 0.717) is 6.42 Å². The van der Waals surface area contributed by atoms with Crippen molar-refractivity contribution in [2.24, 2.45) is 5.11 Å². The van der Waals surface area contributed by atoms with Crippen molar-refractivity contribution in [3.63, 3.8) is 0 Å². The van der Waals surface area contributed by atoms with Gasteiger partial charge in [0.15, 0.2) is 6.29 Å². The van der Waals surface area contributed by atoms with Gasteiger partial charge in [-0.15, -0.1) is 0 Å². The van der Waals surface area contributed by atoms with Crippen LogP contribution < -0.4 is 4.74 Å². The molecule has 0 aliphatic carbocycles. The van der Waals surface area contributed by atoms with E-state index in [9.17, 15) is 13.9 Å². The second-order valence-electron chi connectivity index (χ2n) is 4.76. The number of nitrogens with zero attached hydrogens (tertiary/aromatic N) is 3. The van der Waals surface area contributed by atoms with Crippen LogP contribution in [0.4, 0.5) is 8.78 Å². The quantitative estimate of drug-likeness (QED) is 0.494. The first-order chi connectivity index (χ1) is 10.5. The van der Waals surface area contributed by atoms with Gasteiger partial charge in [-0.05, 0) is 5.53 Å². The van der Waals surface area contributed by atoms with Gasteiger partial charge in [-0.3, -0.25) is 0 Å². The summed E-state index contributed by atoms with van der Waals surface area (Å²) < 4.78 is 41.7. The number of aliphatic hydroxyl groups is 1. The zero-order valence-electron chi connectivity index (χ0n) is 11.7. The minimum atomic E-state index is -1.13. The molecule has 1 unspecified atom stereocenters. The maximum atomic E-state index is 13.1. The van der Waals surface area contributed by atoms with Gasteiger partial charge in [0.2, 0.25) is 0 Å². The molecule has 0 radical (unpaired) electrons. The largest absolute Gasteiger partial charge is 0.493 e. The number of hydrogen-bond acceptors (Lipinski definition) is 5. The van der Waals surface area contributed by atoms with Gasteiger partial charge in [-0.1, -0.05) is 5.11 Å². The number of rotatable bonds is 6. The average molecular weight is 315 g/mol. The lowest BCUT2D eigenvalue weighted by atomic mass is 10.1. The first-order valence-electron chi connectivity index (χ1n) is 6.53. The molecular weight excluding hydrogens is 300 g/mol. The van der Waals surface area contributed by atoms with Crippen LogP contribution in [0.5, 0.6) is 5.75 Å². The van der Waals surface area contributed by atoms with Crippen LogP contribution >= 0.6 is 0 Å². The minimum Gasteiger partial charge on any atom is -0.493 e. The molecule has 0 saturated carbocycles. The van der Waals surface area contributed by atoms with Crippen molar-refractivity contribution in [2.75, 3.05) is 13.7 Å². The van der Waals surface area contributed by atoms with Crippen LogP contribution in [0.15, 0.2) is 23.3 Å². The van der Waals surface area contributed by atoms with E-state index in [-0.39, 0.29) is 12.4 Å². The monoisotopic (exact) mass is 315 g/mol. The summed E-state index contributed by atoms with van der Waals surface area (Å²) in [7, 11) is 1.42. The first-order valence-corrected chi connectivity index (χ1v) is 6.53. The molecule has 1 N–H and O–H groups in total. The highest BCUT2D eigenvalue weighted by molar-refractivity contribution is 5.23. The molecule has 0 bridgehead atoms. The molecule has 1 aromatic rings. The molecular formula is C13H15F2N3O4. The minimum absolute atomic E-state index is 0.0301. The predicted octanol–water partition coefficient (Wildman–Crippen LogP) is 2.14. The van der Waals surface area contributed by atoms with Crippen LogP contribution in [0.3, 0.4) is 0 Å². The number of aliphatic hydroxyl groups excluding tert-OH is 1. The van der Waals surface area contributed by atoms with E-state index in [1.54, 1.807) is 0 Å². The molecule has 22 heavy (non-hydrogen) atoms. The molecule has 9 heteroatoms. The van der Waals surface area contributed by atoms with Crippen molar-refractivity contribution < 1.29 is 28.1 Å². The van der Waals surface area contributed by atoms with Gasteiger partial charge in [0.25, 0.3) is 0 Å². The maximum absolute atomic E-state index is 13.1. The summed E-state index contributed by atoms with van der Waals surface area (Å²) in [6, 6.07) is 1.97. The molecule has 4 atom stereocenters. The zero-order chi connectivity index (χ0) is 16.1. The van der Waals surface area contributed by atoms with Gasteiger partial charge in [0.05, 0.1) is 18.8 Å². The number of methoxy groups -OCH3 is 1. The molecule has 0 aromatic heterocycles. The Morgan fingerprint density at radius 2 is 2.14 bits per heavy atom. The van der Waals surface area contributed by atoms with E-state index in [0.717, 1.165) is 18.2 Å². The molecule has 1 heterocycles. The van der Waals surface area contributed by atoms with Gasteiger partial charge in [0, 0.05) is 36.6 Å². The second-order valence-corrected chi connectivity index (χ2v) is 4.76. The van der Waals surface area contributed by atoms with Crippen molar-refractivity contribution in [1.29, 1.82) is 0 Å². The van der Waals surface area contributed by atoms with Crippen molar-refractivity contribution in [1.82, 2.24) is 0 Å². The Hall–Kier alpha value is -1.93. The SMILES string of the molecule is CO[C@@H]1C[C@@H]([C@H](COc2cc(F)cc(F)c2)N=[N+]=[N-])OC1O. The molecule has 1 aromatic carbocycles. The highest BCUT2D eigenvalue weighted by atomic mass is 19.1. The van der Waals surface area contributed by atoms with E-state index in [4.69, 9.17) is 19.7 Å². The summed E-state index contributed by atoms with van der Waals surface area (Å²) >= 11 is 0. The van der Waals surface area contributed by atoms with Crippen molar-refractivity contribution in [3.05, 3.63) is 40.3 Å². The zero-order valence-corrected chi connectivity index (χ0v) is 11.7. The van der Waals surface area contributed by atoms with E-state index in [2.05, 4.69) is 10.0 Å². The lowest BCUT2D eigenvalue weighted by Gasteiger charge is -2.18. The molecule has 1 aliphatic rings. The molecule has 1 aliphatic heterocycles. The number of hydrogen-bond donors (Lipinski definition) is 1. The van der Waals surface area contributed by atoms with E-state index in [1.165, 1.54) is 7.11 Å². The number of ether oxygens (including phenoxy) is 3. The Balaban J connectivity index is 2.02. The summed E-state index contributed by atoms with van der Waals surface area (Å²) in [6.45, 7) is -0.152. The predicted molar refractivity (Wildman–Crippen MR) is 71.1 cm³/mol. The first kappa shape index (κ1) is 16.4. The van der Waals surface area contributed by atoms with E-state index in [1.807, 2.05) is 0 Å². The molecule has 120 valence electrons. The van der Waals surface area contributed by atoms with Crippen LogP contribution in [0.25, 0.3) is 10.4 Å². The molecule has 1 saturated heterocycles. The summed E-state index contributed by atoms with van der Waals surface area (Å²) in [5.74, 6) is -1.58. The standard InChI is InChI=1S/C13H15F2N3O4/c1-20-12-5-11(22-13(12)19)10(17-18-16)6-21-9-3-7(14)2-8(15)4-9/h2-4,10-13,19H,5-6H2,1H3/t10-,11-,12+,13?/m0/s1. The van der Waals surface area contributed by atoms with Crippen molar-refractivity contribution in [2.45, 2.75) is 31.0 Å². The number of benzene rings is 1. The highest BCUT2D eigenvalue weighted by Crippen LogP contribution is 2.26. The topological polar surface area (TPSA) is 96.7 Å². The third-order valence-corrected chi connectivity index (χ3v) is 3.29. The smallest absolute Gasteiger partial charge is 0.181 e. The number of azide groups is 1. The second kappa shape index (κ2) is 7.37. The van der Waals surface area contributed by atoms with Crippen LogP contribution in [-0.2, 0) is 9.47 Å². The maximum Gasteiger partial charge on any atom is 0.181 e. The average Bonchev–Trinajstić information content (AvgIpc) is 2.83. The Kier molecular flexibility index (Phi) is 5.51. The summed E-state index contributed by atoms with van der Waals surface area (Å²) in [5.41, 5.74) is 8.60. The number of halogens is 2. The Morgan fingerprint density at radius 3 is 2.68 bits per heavy atom. The summed E-state index contributed by atoms with van der Waals surface area (Å²) in [6.07, 6.45) is -1.97. The lowest BCUT2D eigenvalue weighted by molar-refractivity contribution is -0.138. The third-order valence-electron chi connectivity index (χ3n) is 3.29. The normalized spacial score (nSPS) is 25.5. The van der Waals surface area contributed by atoms with Crippen molar-refractivity contribution in [3.8, 4) is 5.75 Å².